The maximum absolute atomic E-state index is 13.2. The smallest absolute Gasteiger partial charge is 0.327 e. The second-order valence-corrected chi connectivity index (χ2v) is 6.54. The Kier molecular flexibility index (Phi) is 5.42. The van der Waals surface area contributed by atoms with Crippen molar-refractivity contribution in [3.8, 4) is 0 Å². The minimum atomic E-state index is -0.508. The molecule has 1 aliphatic heterocycles. The number of ether oxygens (including phenoxy) is 1. The van der Waals surface area contributed by atoms with Crippen molar-refractivity contribution in [3.63, 3.8) is 0 Å². The fraction of sp³-hybridized carbons (Fsp3) is 0.412. The molecule has 128 valence electrons. The first-order valence-corrected chi connectivity index (χ1v) is 8.79. The van der Waals surface area contributed by atoms with Crippen LogP contribution < -0.4 is 4.90 Å². The molecule has 1 fully saturated rings. The lowest BCUT2D eigenvalue weighted by Crippen LogP contribution is -2.38. The maximum Gasteiger partial charge on any atom is 0.327 e. The molecule has 7 heteroatoms. The third-order valence-electron chi connectivity index (χ3n) is 4.20. The number of anilines is 1. The van der Waals surface area contributed by atoms with Gasteiger partial charge in [0.2, 0.25) is 0 Å². The number of benzene rings is 1. The molecule has 1 atom stereocenters. The summed E-state index contributed by atoms with van der Waals surface area (Å²) in [5, 5.41) is 2.97. The molecule has 0 saturated carbocycles. The molecule has 2 heterocycles. The standard InChI is InChI=1S/C17H20FN3O2S/c1-23-16(22)15(13-3-5-14(18)6-4-13)20-8-2-9-21(11-10-20)17-19-7-12-24-17/h3-7,12,15H,2,8-11H2,1H3. The molecule has 0 spiro atoms. The number of thiazole rings is 1. The second kappa shape index (κ2) is 7.72. The number of nitrogens with zero attached hydrogens (tertiary/aromatic N) is 3. The predicted molar refractivity (Wildman–Crippen MR) is 91.7 cm³/mol. The van der Waals surface area contributed by atoms with Crippen LogP contribution in [0, 0.1) is 5.82 Å². The zero-order valence-corrected chi connectivity index (χ0v) is 14.3. The minimum absolute atomic E-state index is 0.312. The van der Waals surface area contributed by atoms with Gasteiger partial charge in [-0.2, -0.15) is 0 Å². The highest BCUT2D eigenvalue weighted by atomic mass is 32.1. The first-order chi connectivity index (χ1) is 11.7. The first-order valence-electron chi connectivity index (χ1n) is 7.91. The van der Waals surface area contributed by atoms with E-state index in [1.54, 1.807) is 29.7 Å². The highest BCUT2D eigenvalue weighted by Gasteiger charge is 2.30. The van der Waals surface area contributed by atoms with Crippen LogP contribution in [0.25, 0.3) is 0 Å². The van der Waals surface area contributed by atoms with E-state index in [4.69, 9.17) is 4.74 Å². The quantitative estimate of drug-likeness (QED) is 0.794. The van der Waals surface area contributed by atoms with Gasteiger partial charge >= 0.3 is 5.97 Å². The SMILES string of the molecule is COC(=O)C(c1ccc(F)cc1)N1CCCN(c2nccs2)CC1. The Balaban J connectivity index is 1.78. The number of esters is 1. The van der Waals surface area contributed by atoms with Gasteiger partial charge in [0.25, 0.3) is 0 Å². The van der Waals surface area contributed by atoms with Gasteiger partial charge in [0, 0.05) is 37.8 Å². The van der Waals surface area contributed by atoms with Crippen LogP contribution in [0.5, 0.6) is 0 Å². The van der Waals surface area contributed by atoms with Gasteiger partial charge < -0.3 is 9.64 Å². The largest absolute Gasteiger partial charge is 0.468 e. The summed E-state index contributed by atoms with van der Waals surface area (Å²) in [7, 11) is 1.39. The zero-order valence-electron chi connectivity index (χ0n) is 13.5. The number of methoxy groups -OCH3 is 1. The fourth-order valence-electron chi connectivity index (χ4n) is 3.01. The molecule has 0 amide bonds. The van der Waals surface area contributed by atoms with Crippen molar-refractivity contribution >= 4 is 22.4 Å². The number of hydrogen-bond acceptors (Lipinski definition) is 6. The average Bonchev–Trinajstić information content (AvgIpc) is 3.03. The molecule has 1 saturated heterocycles. The molecule has 1 aliphatic rings. The third kappa shape index (κ3) is 3.73. The molecular weight excluding hydrogens is 329 g/mol. The highest BCUT2D eigenvalue weighted by molar-refractivity contribution is 7.13. The molecule has 2 aromatic rings. The van der Waals surface area contributed by atoms with Crippen molar-refractivity contribution in [2.45, 2.75) is 12.5 Å². The van der Waals surface area contributed by atoms with Crippen LogP contribution in [0.15, 0.2) is 35.8 Å². The van der Waals surface area contributed by atoms with E-state index in [0.29, 0.717) is 0 Å². The molecule has 24 heavy (non-hydrogen) atoms. The maximum atomic E-state index is 13.2. The lowest BCUT2D eigenvalue weighted by atomic mass is 10.0. The van der Waals surface area contributed by atoms with Crippen LogP contribution in [-0.4, -0.2) is 49.1 Å². The summed E-state index contributed by atoms with van der Waals surface area (Å²) in [6, 6.07) is 5.56. The Morgan fingerprint density at radius 2 is 2.04 bits per heavy atom. The molecule has 0 radical (unpaired) electrons. The second-order valence-electron chi connectivity index (χ2n) is 5.67. The number of hydrogen-bond donors (Lipinski definition) is 0. The Labute approximate surface area is 144 Å². The predicted octanol–water partition coefficient (Wildman–Crippen LogP) is 2.71. The van der Waals surface area contributed by atoms with Gasteiger partial charge in [0.05, 0.1) is 7.11 Å². The fourth-order valence-corrected chi connectivity index (χ4v) is 3.71. The van der Waals surface area contributed by atoms with E-state index in [1.807, 2.05) is 5.38 Å². The Morgan fingerprint density at radius 1 is 1.25 bits per heavy atom. The van der Waals surface area contributed by atoms with Gasteiger partial charge in [-0.15, -0.1) is 11.3 Å². The summed E-state index contributed by atoms with van der Waals surface area (Å²) >= 11 is 1.62. The first kappa shape index (κ1) is 16.9. The van der Waals surface area contributed by atoms with Crippen molar-refractivity contribution in [1.82, 2.24) is 9.88 Å². The minimum Gasteiger partial charge on any atom is -0.468 e. The van der Waals surface area contributed by atoms with Crippen LogP contribution in [0.2, 0.25) is 0 Å². The number of aromatic nitrogens is 1. The summed E-state index contributed by atoms with van der Waals surface area (Å²) in [4.78, 5) is 21.0. The number of carbonyl (C=O) groups is 1. The van der Waals surface area contributed by atoms with Crippen LogP contribution in [-0.2, 0) is 9.53 Å². The zero-order chi connectivity index (χ0) is 16.9. The van der Waals surface area contributed by atoms with Crippen molar-refractivity contribution < 1.29 is 13.9 Å². The van der Waals surface area contributed by atoms with Gasteiger partial charge in [-0.1, -0.05) is 12.1 Å². The van der Waals surface area contributed by atoms with Crippen LogP contribution >= 0.6 is 11.3 Å². The third-order valence-corrected chi connectivity index (χ3v) is 5.03. The van der Waals surface area contributed by atoms with E-state index in [9.17, 15) is 9.18 Å². The van der Waals surface area contributed by atoms with E-state index in [2.05, 4.69) is 14.8 Å². The van der Waals surface area contributed by atoms with Crippen molar-refractivity contribution in [2.75, 3.05) is 38.2 Å². The lowest BCUT2D eigenvalue weighted by Gasteiger charge is -2.29. The van der Waals surface area contributed by atoms with Crippen LogP contribution in [0.3, 0.4) is 0 Å². The Hall–Kier alpha value is -1.99. The molecule has 0 aliphatic carbocycles. The molecule has 1 unspecified atom stereocenters. The van der Waals surface area contributed by atoms with Gasteiger partial charge in [-0.05, 0) is 24.1 Å². The molecule has 0 bridgehead atoms. The number of rotatable bonds is 4. The summed E-state index contributed by atoms with van der Waals surface area (Å²) in [5.41, 5.74) is 0.756. The van der Waals surface area contributed by atoms with Gasteiger partial charge in [0.1, 0.15) is 11.9 Å². The molecule has 5 nitrogen and oxygen atoms in total. The number of carbonyl (C=O) groups excluding carboxylic acids is 1. The van der Waals surface area contributed by atoms with Gasteiger partial charge in [-0.3, -0.25) is 4.90 Å². The van der Waals surface area contributed by atoms with E-state index in [0.717, 1.165) is 43.3 Å². The summed E-state index contributed by atoms with van der Waals surface area (Å²) in [6.45, 7) is 3.19. The van der Waals surface area contributed by atoms with Gasteiger partial charge in [-0.25, -0.2) is 14.2 Å². The average molecular weight is 349 g/mol. The monoisotopic (exact) mass is 349 g/mol. The summed E-state index contributed by atoms with van der Waals surface area (Å²) < 4.78 is 18.2. The molecule has 3 rings (SSSR count). The summed E-state index contributed by atoms with van der Waals surface area (Å²) in [5.74, 6) is -0.627. The van der Waals surface area contributed by atoms with Crippen molar-refractivity contribution in [3.05, 3.63) is 47.2 Å². The van der Waals surface area contributed by atoms with Gasteiger partial charge in [0.15, 0.2) is 5.13 Å². The Morgan fingerprint density at radius 3 is 2.71 bits per heavy atom. The van der Waals surface area contributed by atoms with E-state index in [1.165, 1.54) is 19.2 Å². The Bertz CT molecular complexity index is 663. The normalized spacial score (nSPS) is 17.3. The molecule has 0 N–H and O–H groups in total. The molecular formula is C17H20FN3O2S. The van der Waals surface area contributed by atoms with Crippen molar-refractivity contribution in [1.29, 1.82) is 0 Å². The molecule has 1 aromatic carbocycles. The van der Waals surface area contributed by atoms with Crippen LogP contribution in [0.1, 0.15) is 18.0 Å². The summed E-state index contributed by atoms with van der Waals surface area (Å²) in [6.07, 6.45) is 2.73. The topological polar surface area (TPSA) is 45.7 Å². The molecule has 1 aromatic heterocycles. The van der Waals surface area contributed by atoms with E-state index >= 15 is 0 Å². The van der Waals surface area contributed by atoms with E-state index < -0.39 is 6.04 Å². The van der Waals surface area contributed by atoms with E-state index in [-0.39, 0.29) is 11.8 Å². The lowest BCUT2D eigenvalue weighted by molar-refractivity contribution is -0.147. The highest BCUT2D eigenvalue weighted by Crippen LogP contribution is 2.26. The van der Waals surface area contributed by atoms with Crippen molar-refractivity contribution in [2.24, 2.45) is 0 Å². The number of halogens is 1. The van der Waals surface area contributed by atoms with Crippen LogP contribution in [0.4, 0.5) is 9.52 Å².